The molecule has 0 spiro atoms. The van der Waals surface area contributed by atoms with Crippen LogP contribution in [0.5, 0.6) is 0 Å². The molecule has 4 fully saturated rings. The van der Waals surface area contributed by atoms with Gasteiger partial charge in [0, 0.05) is 25.0 Å². The Bertz CT molecular complexity index is 254. The van der Waals surface area contributed by atoms with Crippen molar-refractivity contribution >= 4 is 0 Å². The molecule has 0 amide bonds. The molecule has 4 aliphatic heterocycles. The number of piperidine rings is 3. The molecule has 4 rings (SSSR count). The summed E-state index contributed by atoms with van der Waals surface area (Å²) in [6.45, 7) is 4.67. The van der Waals surface area contributed by atoms with Crippen molar-refractivity contribution in [3.63, 3.8) is 0 Å². The van der Waals surface area contributed by atoms with Crippen molar-refractivity contribution in [1.29, 1.82) is 0 Å². The average molecular weight is 212 g/mol. The van der Waals surface area contributed by atoms with E-state index in [-0.39, 0.29) is 12.0 Å². The highest BCUT2D eigenvalue weighted by atomic mass is 16.3. The third-order valence-corrected chi connectivity index (χ3v) is 4.88. The van der Waals surface area contributed by atoms with Crippen LogP contribution in [0.1, 0.15) is 12.8 Å². The first-order valence-electron chi connectivity index (χ1n) is 5.97. The Hall–Kier alpha value is -0.160. The van der Waals surface area contributed by atoms with E-state index in [0.29, 0.717) is 5.92 Å². The molecule has 0 aliphatic carbocycles. The van der Waals surface area contributed by atoms with Crippen molar-refractivity contribution in [3.05, 3.63) is 0 Å². The molecule has 0 aromatic rings. The molecule has 4 saturated heterocycles. The molecular formula is C11H20N2O2. The van der Waals surface area contributed by atoms with E-state index in [2.05, 4.69) is 10.2 Å². The van der Waals surface area contributed by atoms with Crippen molar-refractivity contribution in [1.82, 2.24) is 10.2 Å². The molecule has 0 saturated carbocycles. The maximum absolute atomic E-state index is 10.9. The van der Waals surface area contributed by atoms with E-state index in [1.54, 1.807) is 0 Å². The Labute approximate surface area is 90.3 Å². The smallest absolute Gasteiger partial charge is 0.0905 e. The van der Waals surface area contributed by atoms with Crippen molar-refractivity contribution in [3.8, 4) is 0 Å². The van der Waals surface area contributed by atoms with Gasteiger partial charge in [-0.05, 0) is 31.8 Å². The normalized spacial score (nSPS) is 47.6. The summed E-state index contributed by atoms with van der Waals surface area (Å²) < 4.78 is 0. The molecule has 0 aromatic carbocycles. The third-order valence-electron chi connectivity index (χ3n) is 4.88. The number of nitrogens with one attached hydrogen (secondary N) is 1. The molecule has 2 bridgehead atoms. The quantitative estimate of drug-likeness (QED) is 0.551. The number of hydrogen-bond acceptors (Lipinski definition) is 4. The lowest BCUT2D eigenvalue weighted by atomic mass is 9.58. The van der Waals surface area contributed by atoms with Gasteiger partial charge in [-0.15, -0.1) is 0 Å². The molecule has 0 aromatic heterocycles. The second-order valence-corrected chi connectivity index (χ2v) is 5.52. The Morgan fingerprint density at radius 3 is 2.27 bits per heavy atom. The minimum Gasteiger partial charge on any atom is -0.396 e. The molecule has 1 atom stereocenters. The van der Waals surface area contributed by atoms with E-state index in [1.165, 1.54) is 0 Å². The maximum atomic E-state index is 10.9. The Balaban J connectivity index is 1.89. The van der Waals surface area contributed by atoms with Crippen molar-refractivity contribution in [2.24, 2.45) is 11.3 Å². The zero-order valence-electron chi connectivity index (χ0n) is 9.08. The number of aliphatic hydroxyl groups is 2. The van der Waals surface area contributed by atoms with Crippen LogP contribution in [0.25, 0.3) is 0 Å². The van der Waals surface area contributed by atoms with E-state index in [9.17, 15) is 10.2 Å². The maximum Gasteiger partial charge on any atom is 0.0905 e. The lowest BCUT2D eigenvalue weighted by Crippen LogP contribution is -2.76. The fourth-order valence-corrected chi connectivity index (χ4v) is 3.62. The van der Waals surface area contributed by atoms with Gasteiger partial charge in [-0.25, -0.2) is 0 Å². The first-order chi connectivity index (χ1) is 7.20. The first-order valence-corrected chi connectivity index (χ1v) is 5.97. The second-order valence-electron chi connectivity index (χ2n) is 5.52. The molecule has 86 valence electrons. The molecule has 15 heavy (non-hydrogen) atoms. The summed E-state index contributed by atoms with van der Waals surface area (Å²) >= 11 is 0. The van der Waals surface area contributed by atoms with Gasteiger partial charge in [0.2, 0.25) is 0 Å². The summed E-state index contributed by atoms with van der Waals surface area (Å²) in [4.78, 5) is 2.34. The van der Waals surface area contributed by atoms with Crippen LogP contribution in [0, 0.1) is 11.3 Å². The Morgan fingerprint density at radius 2 is 1.93 bits per heavy atom. The molecule has 4 heteroatoms. The third kappa shape index (κ3) is 1.16. The summed E-state index contributed by atoms with van der Waals surface area (Å²) in [5.41, 5.74) is -0.916. The van der Waals surface area contributed by atoms with Crippen LogP contribution in [0.4, 0.5) is 0 Å². The summed E-state index contributed by atoms with van der Waals surface area (Å²) in [5.74, 6) is 0.400. The summed E-state index contributed by atoms with van der Waals surface area (Å²) in [7, 11) is 0. The lowest BCUT2D eigenvalue weighted by molar-refractivity contribution is -0.214. The SMILES string of the molecule is OCC1(C2(O)CN3CCC2CC3)CNC1. The van der Waals surface area contributed by atoms with Gasteiger partial charge >= 0.3 is 0 Å². The molecule has 3 N–H and O–H groups in total. The van der Waals surface area contributed by atoms with Gasteiger partial charge in [0.1, 0.15) is 0 Å². The Kier molecular flexibility index (Phi) is 2.12. The van der Waals surface area contributed by atoms with E-state index in [4.69, 9.17) is 0 Å². The van der Waals surface area contributed by atoms with E-state index < -0.39 is 5.60 Å². The topological polar surface area (TPSA) is 55.7 Å². The van der Waals surface area contributed by atoms with Crippen LogP contribution in [0.15, 0.2) is 0 Å². The van der Waals surface area contributed by atoms with Crippen LogP contribution < -0.4 is 5.32 Å². The zero-order valence-corrected chi connectivity index (χ0v) is 9.08. The number of rotatable bonds is 2. The highest BCUT2D eigenvalue weighted by Gasteiger charge is 2.60. The van der Waals surface area contributed by atoms with Crippen molar-refractivity contribution in [2.45, 2.75) is 18.4 Å². The number of aliphatic hydroxyl groups excluding tert-OH is 1. The highest BCUT2D eigenvalue weighted by molar-refractivity contribution is 5.13. The molecule has 0 radical (unpaired) electrons. The number of nitrogens with zero attached hydrogens (tertiary/aromatic N) is 1. The first kappa shape index (κ1) is 10.0. The standard InChI is InChI=1S/C11H20N2O2/c14-8-10(5-12-6-10)11(15)7-13-3-1-9(11)2-4-13/h9,12,14-15H,1-8H2. The van der Waals surface area contributed by atoms with Crippen LogP contribution >= 0.6 is 0 Å². The Morgan fingerprint density at radius 1 is 1.27 bits per heavy atom. The summed E-state index contributed by atoms with van der Waals surface area (Å²) in [5, 5.41) is 23.7. The molecule has 4 heterocycles. The van der Waals surface area contributed by atoms with Gasteiger partial charge in [0.15, 0.2) is 0 Å². The summed E-state index contributed by atoms with van der Waals surface area (Å²) in [6, 6.07) is 0. The average Bonchev–Trinajstić information content (AvgIpc) is 2.17. The predicted molar refractivity (Wildman–Crippen MR) is 56.5 cm³/mol. The van der Waals surface area contributed by atoms with Gasteiger partial charge in [0.25, 0.3) is 0 Å². The van der Waals surface area contributed by atoms with Crippen LogP contribution in [0.2, 0.25) is 0 Å². The van der Waals surface area contributed by atoms with E-state index in [1.807, 2.05) is 0 Å². The van der Waals surface area contributed by atoms with Gasteiger partial charge in [0.05, 0.1) is 12.2 Å². The monoisotopic (exact) mass is 212 g/mol. The molecule has 1 unspecified atom stereocenters. The second kappa shape index (κ2) is 3.17. The van der Waals surface area contributed by atoms with Gasteiger partial charge in [-0.3, -0.25) is 0 Å². The lowest BCUT2D eigenvalue weighted by Gasteiger charge is -2.61. The minimum absolute atomic E-state index is 0.112. The molecular weight excluding hydrogens is 192 g/mol. The zero-order chi connectivity index (χ0) is 10.5. The largest absolute Gasteiger partial charge is 0.396 e. The van der Waals surface area contributed by atoms with E-state index >= 15 is 0 Å². The minimum atomic E-state index is -0.649. The fourth-order valence-electron chi connectivity index (χ4n) is 3.62. The van der Waals surface area contributed by atoms with Crippen LogP contribution in [0.3, 0.4) is 0 Å². The molecule has 4 aliphatic rings. The highest BCUT2D eigenvalue weighted by Crippen LogP contribution is 2.48. The summed E-state index contributed by atoms with van der Waals surface area (Å²) in [6.07, 6.45) is 2.19. The van der Waals surface area contributed by atoms with Gasteiger partial charge in [-0.1, -0.05) is 0 Å². The van der Waals surface area contributed by atoms with Crippen molar-refractivity contribution in [2.75, 3.05) is 39.3 Å². The number of fused-ring (bicyclic) bond motifs is 3. The van der Waals surface area contributed by atoms with Gasteiger partial charge in [-0.2, -0.15) is 0 Å². The van der Waals surface area contributed by atoms with Gasteiger partial charge < -0.3 is 20.4 Å². The van der Waals surface area contributed by atoms with Crippen molar-refractivity contribution < 1.29 is 10.2 Å². The number of hydrogen-bond donors (Lipinski definition) is 3. The fraction of sp³-hybridized carbons (Fsp3) is 1.00. The van der Waals surface area contributed by atoms with E-state index in [0.717, 1.165) is 45.6 Å². The van der Waals surface area contributed by atoms with Crippen LogP contribution in [-0.4, -0.2) is 60.0 Å². The predicted octanol–water partition coefficient (Wildman–Crippen LogP) is -0.975. The van der Waals surface area contributed by atoms with Crippen LogP contribution in [-0.2, 0) is 0 Å². The molecule has 4 nitrogen and oxygen atoms in total.